The first kappa shape index (κ1) is 11.5. The predicted octanol–water partition coefficient (Wildman–Crippen LogP) is 4.25. The maximum Gasteiger partial charge on any atom is 0.0778 e. The molecule has 2 heterocycles. The average Bonchev–Trinajstić information content (AvgIpc) is 2.62. The van der Waals surface area contributed by atoms with Gasteiger partial charge in [-0.2, -0.15) is 10.2 Å². The van der Waals surface area contributed by atoms with Crippen LogP contribution in [0.1, 0.15) is 56.5 Å². The molecule has 0 saturated heterocycles. The summed E-state index contributed by atoms with van der Waals surface area (Å²) in [6, 6.07) is 0. The van der Waals surface area contributed by atoms with Crippen molar-refractivity contribution in [3.8, 4) is 0 Å². The van der Waals surface area contributed by atoms with E-state index < -0.39 is 0 Å². The topological polar surface area (TPSA) is 25.8 Å². The van der Waals surface area contributed by atoms with Gasteiger partial charge in [-0.1, -0.05) is 27.7 Å². The molecule has 2 aromatic rings. The Morgan fingerprint density at radius 1 is 1.06 bits per heavy atom. The van der Waals surface area contributed by atoms with Gasteiger partial charge in [-0.25, -0.2) is 0 Å². The van der Waals surface area contributed by atoms with E-state index in [0.717, 1.165) is 11.4 Å². The van der Waals surface area contributed by atoms with Crippen molar-refractivity contribution >= 4 is 21.4 Å². The maximum absolute atomic E-state index is 4.38. The highest BCUT2D eigenvalue weighted by Gasteiger charge is 2.17. The fourth-order valence-corrected chi connectivity index (χ4v) is 3.14. The largest absolute Gasteiger partial charge is 0.154 e. The number of fused-ring (bicyclic) bond motifs is 1. The summed E-state index contributed by atoms with van der Waals surface area (Å²) in [6.07, 6.45) is 0. The van der Waals surface area contributed by atoms with Crippen LogP contribution < -0.4 is 0 Å². The van der Waals surface area contributed by atoms with Crippen molar-refractivity contribution in [1.82, 2.24) is 10.2 Å². The Labute approximate surface area is 101 Å². The molecule has 0 amide bonds. The minimum Gasteiger partial charge on any atom is -0.154 e. The molecule has 0 unspecified atom stereocenters. The summed E-state index contributed by atoms with van der Waals surface area (Å²) < 4.78 is 1.31. The monoisotopic (exact) mass is 234 g/mol. The van der Waals surface area contributed by atoms with E-state index >= 15 is 0 Å². The van der Waals surface area contributed by atoms with Gasteiger partial charge in [0.05, 0.1) is 16.1 Å². The molecule has 0 saturated carbocycles. The number of thiophene rings is 1. The first-order chi connectivity index (χ1) is 7.52. The SMILES string of the molecule is Cc1nnc(C(C)C)c2c(C(C)C)csc12. The van der Waals surface area contributed by atoms with Crippen LogP contribution in [0.2, 0.25) is 0 Å². The van der Waals surface area contributed by atoms with Crippen molar-refractivity contribution < 1.29 is 0 Å². The molecule has 0 fully saturated rings. The molecule has 0 radical (unpaired) electrons. The van der Waals surface area contributed by atoms with Crippen LogP contribution in [0, 0.1) is 6.92 Å². The Morgan fingerprint density at radius 2 is 1.75 bits per heavy atom. The minimum atomic E-state index is 0.433. The second kappa shape index (κ2) is 4.13. The van der Waals surface area contributed by atoms with Crippen LogP contribution in [0.25, 0.3) is 10.1 Å². The summed E-state index contributed by atoms with van der Waals surface area (Å²) in [7, 11) is 0. The molecule has 0 bridgehead atoms. The van der Waals surface area contributed by atoms with E-state index in [1.54, 1.807) is 11.3 Å². The summed E-state index contributed by atoms with van der Waals surface area (Å²) in [5.74, 6) is 0.984. The average molecular weight is 234 g/mol. The van der Waals surface area contributed by atoms with Gasteiger partial charge >= 0.3 is 0 Å². The van der Waals surface area contributed by atoms with Crippen LogP contribution in [0.3, 0.4) is 0 Å². The lowest BCUT2D eigenvalue weighted by Gasteiger charge is -2.10. The summed E-state index contributed by atoms with van der Waals surface area (Å²) in [6.45, 7) is 10.9. The lowest BCUT2D eigenvalue weighted by atomic mass is 9.97. The highest BCUT2D eigenvalue weighted by molar-refractivity contribution is 7.17. The molecule has 0 spiro atoms. The lowest BCUT2D eigenvalue weighted by molar-refractivity contribution is 0.787. The fraction of sp³-hybridized carbons (Fsp3) is 0.538. The van der Waals surface area contributed by atoms with Gasteiger partial charge in [0.1, 0.15) is 0 Å². The molecular weight excluding hydrogens is 216 g/mol. The molecule has 0 atom stereocenters. The van der Waals surface area contributed by atoms with Crippen LogP contribution in [0.15, 0.2) is 5.38 Å². The number of aromatic nitrogens is 2. The van der Waals surface area contributed by atoms with E-state index in [0.29, 0.717) is 11.8 Å². The molecular formula is C13H18N2S. The molecule has 2 rings (SSSR count). The second-order valence-electron chi connectivity index (χ2n) is 4.88. The second-order valence-corrected chi connectivity index (χ2v) is 5.75. The molecule has 16 heavy (non-hydrogen) atoms. The van der Waals surface area contributed by atoms with E-state index in [1.807, 2.05) is 6.92 Å². The van der Waals surface area contributed by atoms with E-state index in [4.69, 9.17) is 0 Å². The lowest BCUT2D eigenvalue weighted by Crippen LogP contribution is -2.00. The maximum atomic E-state index is 4.38. The predicted molar refractivity (Wildman–Crippen MR) is 70.3 cm³/mol. The molecule has 0 aromatic carbocycles. The van der Waals surface area contributed by atoms with E-state index in [-0.39, 0.29) is 0 Å². The molecule has 86 valence electrons. The van der Waals surface area contributed by atoms with Crippen LogP contribution in [-0.4, -0.2) is 10.2 Å². The number of aryl methyl sites for hydroxylation is 1. The van der Waals surface area contributed by atoms with E-state index in [2.05, 4.69) is 43.3 Å². The van der Waals surface area contributed by atoms with Crippen LogP contribution in [0.4, 0.5) is 0 Å². The van der Waals surface area contributed by atoms with Gasteiger partial charge in [0.25, 0.3) is 0 Å². The Balaban J connectivity index is 2.81. The zero-order chi connectivity index (χ0) is 11.9. The summed E-state index contributed by atoms with van der Waals surface area (Å²) in [5, 5.41) is 12.3. The Hall–Kier alpha value is -0.960. The molecule has 0 aliphatic carbocycles. The molecule has 0 aliphatic rings. The Bertz CT molecular complexity index is 512. The van der Waals surface area contributed by atoms with Crippen molar-refractivity contribution in [3.63, 3.8) is 0 Å². The Kier molecular flexibility index (Phi) is 2.98. The van der Waals surface area contributed by atoms with Gasteiger partial charge in [-0.05, 0) is 29.7 Å². The highest BCUT2D eigenvalue weighted by Crippen LogP contribution is 2.36. The molecule has 2 nitrogen and oxygen atoms in total. The Morgan fingerprint density at radius 3 is 2.31 bits per heavy atom. The number of hydrogen-bond acceptors (Lipinski definition) is 3. The zero-order valence-corrected chi connectivity index (χ0v) is 11.4. The molecule has 0 aliphatic heterocycles. The summed E-state index contributed by atoms with van der Waals surface area (Å²) in [5.41, 5.74) is 3.61. The third-order valence-corrected chi connectivity index (χ3v) is 3.99. The first-order valence-corrected chi connectivity index (χ1v) is 6.64. The zero-order valence-electron chi connectivity index (χ0n) is 10.5. The molecule has 2 aromatic heterocycles. The highest BCUT2D eigenvalue weighted by atomic mass is 32.1. The van der Waals surface area contributed by atoms with Gasteiger partial charge in [-0.3, -0.25) is 0 Å². The minimum absolute atomic E-state index is 0.433. The molecule has 0 N–H and O–H groups in total. The van der Waals surface area contributed by atoms with Crippen molar-refractivity contribution in [2.45, 2.75) is 46.5 Å². The van der Waals surface area contributed by atoms with Gasteiger partial charge in [0, 0.05) is 5.39 Å². The van der Waals surface area contributed by atoms with Gasteiger partial charge in [0.2, 0.25) is 0 Å². The normalized spacial score (nSPS) is 11.9. The van der Waals surface area contributed by atoms with Gasteiger partial charge in [0.15, 0.2) is 0 Å². The van der Waals surface area contributed by atoms with Crippen LogP contribution in [0.5, 0.6) is 0 Å². The smallest absolute Gasteiger partial charge is 0.0778 e. The van der Waals surface area contributed by atoms with E-state index in [1.165, 1.54) is 15.6 Å². The van der Waals surface area contributed by atoms with Crippen LogP contribution >= 0.6 is 11.3 Å². The fourth-order valence-electron chi connectivity index (χ4n) is 1.95. The van der Waals surface area contributed by atoms with Gasteiger partial charge in [-0.15, -0.1) is 11.3 Å². The van der Waals surface area contributed by atoms with Crippen molar-refractivity contribution in [2.75, 3.05) is 0 Å². The quantitative estimate of drug-likeness (QED) is 0.776. The van der Waals surface area contributed by atoms with Crippen molar-refractivity contribution in [3.05, 3.63) is 22.3 Å². The van der Waals surface area contributed by atoms with Crippen molar-refractivity contribution in [1.29, 1.82) is 0 Å². The summed E-state index contributed by atoms with van der Waals surface area (Å²) >= 11 is 1.80. The number of hydrogen-bond donors (Lipinski definition) is 0. The number of rotatable bonds is 2. The molecule has 3 heteroatoms. The van der Waals surface area contributed by atoms with Crippen LogP contribution in [-0.2, 0) is 0 Å². The third-order valence-electron chi connectivity index (χ3n) is 2.88. The van der Waals surface area contributed by atoms with Crippen molar-refractivity contribution in [2.24, 2.45) is 0 Å². The van der Waals surface area contributed by atoms with E-state index in [9.17, 15) is 0 Å². The standard InChI is InChI=1S/C13H18N2S/c1-7(2)10-6-16-13-9(5)14-15-12(8(3)4)11(10)13/h6-8H,1-5H3. The first-order valence-electron chi connectivity index (χ1n) is 5.76. The summed E-state index contributed by atoms with van der Waals surface area (Å²) in [4.78, 5) is 0. The number of nitrogens with zero attached hydrogens (tertiary/aromatic N) is 2. The third kappa shape index (κ3) is 1.73. The van der Waals surface area contributed by atoms with Gasteiger partial charge < -0.3 is 0 Å².